The quantitative estimate of drug-likeness (QED) is 0.381. The smallest absolute Gasteiger partial charge is 0.318 e. The summed E-state index contributed by atoms with van der Waals surface area (Å²) in [7, 11) is 1.20. The van der Waals surface area contributed by atoms with E-state index < -0.39 is 41.3 Å². The van der Waals surface area contributed by atoms with Gasteiger partial charge in [-0.05, 0) is 30.4 Å². The number of benzene rings is 1. The van der Waals surface area contributed by atoms with Gasteiger partial charge in [-0.25, -0.2) is 0 Å². The van der Waals surface area contributed by atoms with Crippen LogP contribution in [-0.4, -0.2) is 59.6 Å². The van der Waals surface area contributed by atoms with Crippen molar-refractivity contribution >= 4 is 29.3 Å². The molecule has 1 heterocycles. The van der Waals surface area contributed by atoms with E-state index in [1.807, 2.05) is 13.8 Å². The minimum atomic E-state index is -1.09. The van der Waals surface area contributed by atoms with Crippen molar-refractivity contribution in [1.29, 1.82) is 0 Å². The molecule has 4 N–H and O–H groups in total. The predicted octanol–water partition coefficient (Wildman–Crippen LogP) is 1.61. The summed E-state index contributed by atoms with van der Waals surface area (Å²) in [5.74, 6) is -4.21. The van der Waals surface area contributed by atoms with Crippen LogP contribution >= 0.6 is 0 Å². The van der Waals surface area contributed by atoms with Crippen LogP contribution in [0.3, 0.4) is 0 Å². The van der Waals surface area contributed by atoms with Crippen LogP contribution in [0.5, 0.6) is 0 Å². The molecule has 0 saturated heterocycles. The third kappa shape index (κ3) is 5.92. The van der Waals surface area contributed by atoms with Gasteiger partial charge >= 0.3 is 11.9 Å². The number of anilines is 1. The Morgan fingerprint density at radius 2 is 1.91 bits per heavy atom. The molecule has 176 valence electrons. The van der Waals surface area contributed by atoms with Crippen molar-refractivity contribution in [2.75, 3.05) is 18.6 Å². The number of carbonyl (C=O) groups is 4. The molecule has 2 rings (SSSR count). The van der Waals surface area contributed by atoms with Gasteiger partial charge in [0.2, 0.25) is 5.91 Å². The lowest BCUT2D eigenvalue weighted by atomic mass is 9.79. The summed E-state index contributed by atoms with van der Waals surface area (Å²) < 4.78 is 4.75. The van der Waals surface area contributed by atoms with Crippen molar-refractivity contribution in [1.82, 2.24) is 0 Å². The number of nitrogens with zero attached hydrogens (tertiary/aromatic N) is 1. The largest absolute Gasteiger partial charge is 0.481 e. The van der Waals surface area contributed by atoms with E-state index in [1.54, 1.807) is 24.3 Å². The van der Waals surface area contributed by atoms with E-state index in [2.05, 4.69) is 0 Å². The third-order valence-corrected chi connectivity index (χ3v) is 5.86. The molecule has 9 nitrogen and oxygen atoms in total. The molecule has 1 aromatic rings. The summed E-state index contributed by atoms with van der Waals surface area (Å²) in [6.07, 6.45) is -0.671. The van der Waals surface area contributed by atoms with Gasteiger partial charge in [0.1, 0.15) is 5.92 Å². The number of ketones is 1. The van der Waals surface area contributed by atoms with E-state index in [1.165, 1.54) is 18.9 Å². The fraction of sp³-hybridized carbons (Fsp3) is 0.565. The Kier molecular flexibility index (Phi) is 8.14. The number of aliphatic hydroxyl groups is 1. The van der Waals surface area contributed by atoms with Crippen LogP contribution in [-0.2, 0) is 19.1 Å². The number of aliphatic carboxylic acids is 1. The molecule has 1 amide bonds. The molecule has 9 heteroatoms. The maximum Gasteiger partial charge on any atom is 0.318 e. The second-order valence-electron chi connectivity index (χ2n) is 9.21. The number of amides is 1. The zero-order valence-electron chi connectivity index (χ0n) is 18.9. The molecule has 1 aliphatic heterocycles. The van der Waals surface area contributed by atoms with Crippen LogP contribution in [0.1, 0.15) is 50.4 Å². The van der Waals surface area contributed by atoms with Crippen molar-refractivity contribution in [3.63, 3.8) is 0 Å². The van der Waals surface area contributed by atoms with Gasteiger partial charge < -0.3 is 25.6 Å². The number of carboxylic acids is 1. The monoisotopic (exact) mass is 448 g/mol. The Bertz CT molecular complexity index is 883. The number of ether oxygens (including phenoxy) is 1. The first-order valence-corrected chi connectivity index (χ1v) is 10.6. The highest BCUT2D eigenvalue weighted by Gasteiger charge is 2.40. The third-order valence-electron chi connectivity index (χ3n) is 5.86. The van der Waals surface area contributed by atoms with Crippen molar-refractivity contribution in [2.24, 2.45) is 23.0 Å². The highest BCUT2D eigenvalue weighted by atomic mass is 16.5. The first-order chi connectivity index (χ1) is 14.9. The van der Waals surface area contributed by atoms with Crippen molar-refractivity contribution in [2.45, 2.75) is 52.2 Å². The summed E-state index contributed by atoms with van der Waals surface area (Å²) in [5, 5.41) is 19.3. The molecule has 0 spiro atoms. The summed E-state index contributed by atoms with van der Waals surface area (Å²) in [5.41, 5.74) is 6.21. The van der Waals surface area contributed by atoms with E-state index in [0.29, 0.717) is 5.69 Å². The van der Waals surface area contributed by atoms with E-state index in [-0.39, 0.29) is 43.1 Å². The summed E-state index contributed by atoms with van der Waals surface area (Å²) in [4.78, 5) is 50.5. The minimum absolute atomic E-state index is 0.0168. The van der Waals surface area contributed by atoms with E-state index in [0.717, 1.165) is 0 Å². The second kappa shape index (κ2) is 10.2. The lowest BCUT2D eigenvalue weighted by Gasteiger charge is -2.36. The Morgan fingerprint density at radius 1 is 1.28 bits per heavy atom. The van der Waals surface area contributed by atoms with Gasteiger partial charge in [0.15, 0.2) is 5.78 Å². The lowest BCUT2D eigenvalue weighted by molar-refractivity contribution is -0.144. The van der Waals surface area contributed by atoms with Gasteiger partial charge in [-0.15, -0.1) is 0 Å². The molecular formula is C23H32N2O7. The maximum absolute atomic E-state index is 13.2. The van der Waals surface area contributed by atoms with Gasteiger partial charge in [-0.1, -0.05) is 32.9 Å². The number of esters is 1. The summed E-state index contributed by atoms with van der Waals surface area (Å²) in [6.45, 7) is 5.05. The van der Waals surface area contributed by atoms with Crippen molar-refractivity contribution in [3.05, 3.63) is 29.8 Å². The molecule has 32 heavy (non-hydrogen) atoms. The van der Waals surface area contributed by atoms with Gasteiger partial charge in [-0.3, -0.25) is 19.2 Å². The Morgan fingerprint density at radius 3 is 2.50 bits per heavy atom. The molecule has 0 aliphatic carbocycles. The Labute approximate surface area is 187 Å². The van der Waals surface area contributed by atoms with Crippen molar-refractivity contribution < 1.29 is 34.1 Å². The number of fused-ring (bicyclic) bond motifs is 1. The van der Waals surface area contributed by atoms with Gasteiger partial charge in [0.05, 0.1) is 24.8 Å². The average molecular weight is 449 g/mol. The second-order valence-corrected chi connectivity index (χ2v) is 9.21. The first-order valence-electron chi connectivity index (χ1n) is 10.6. The molecule has 0 saturated carbocycles. The van der Waals surface area contributed by atoms with Gasteiger partial charge in [0, 0.05) is 24.6 Å². The summed E-state index contributed by atoms with van der Waals surface area (Å²) in [6, 6.07) is 5.91. The fourth-order valence-electron chi connectivity index (χ4n) is 4.02. The van der Waals surface area contributed by atoms with Crippen LogP contribution in [0, 0.1) is 17.3 Å². The summed E-state index contributed by atoms with van der Waals surface area (Å²) >= 11 is 0. The highest BCUT2D eigenvalue weighted by molar-refractivity contribution is 6.16. The molecule has 4 atom stereocenters. The number of methoxy groups -OCH3 is 1. The maximum atomic E-state index is 13.2. The van der Waals surface area contributed by atoms with Gasteiger partial charge in [-0.2, -0.15) is 0 Å². The van der Waals surface area contributed by atoms with Crippen molar-refractivity contribution in [3.8, 4) is 0 Å². The number of hydrogen-bond acceptors (Lipinski definition) is 7. The molecule has 0 bridgehead atoms. The fourth-order valence-corrected chi connectivity index (χ4v) is 4.02. The number of hydrogen-bond donors (Lipinski definition) is 3. The number of rotatable bonds is 9. The topological polar surface area (TPSA) is 147 Å². The number of aliphatic hydroxyl groups excluding tert-OH is 1. The Balaban J connectivity index is 2.15. The minimum Gasteiger partial charge on any atom is -0.481 e. The molecule has 0 radical (unpaired) electrons. The lowest BCUT2D eigenvalue weighted by Crippen LogP contribution is -2.47. The number of Topliss-reactive ketones (excluding diaryl/α,β-unsaturated/α-hetero) is 1. The van der Waals surface area contributed by atoms with Crippen LogP contribution in [0.4, 0.5) is 5.69 Å². The number of nitrogens with two attached hydrogens (primary N) is 1. The van der Waals surface area contributed by atoms with E-state index >= 15 is 0 Å². The van der Waals surface area contributed by atoms with Crippen LogP contribution in [0.15, 0.2) is 24.3 Å². The molecule has 0 aromatic heterocycles. The molecule has 0 unspecified atom stereocenters. The van der Waals surface area contributed by atoms with Crippen LogP contribution in [0.2, 0.25) is 0 Å². The van der Waals surface area contributed by atoms with Gasteiger partial charge in [0.25, 0.3) is 0 Å². The Hall–Kier alpha value is -2.78. The number of carboxylic acid groups (broad SMARTS) is 1. The zero-order valence-corrected chi connectivity index (χ0v) is 18.9. The predicted molar refractivity (Wildman–Crippen MR) is 117 cm³/mol. The number of para-hydroxylation sites is 1. The van der Waals surface area contributed by atoms with E-state index in [4.69, 9.17) is 15.6 Å². The molecule has 1 aliphatic rings. The van der Waals surface area contributed by atoms with E-state index in [9.17, 15) is 24.3 Å². The molecule has 1 aromatic carbocycles. The highest BCUT2D eigenvalue weighted by Crippen LogP contribution is 2.34. The average Bonchev–Trinajstić information content (AvgIpc) is 2.72. The molecule has 0 fully saturated rings. The molecular weight excluding hydrogens is 416 g/mol. The number of carbonyl (C=O) groups excluding carboxylic acids is 3. The van der Waals surface area contributed by atoms with Crippen LogP contribution < -0.4 is 10.6 Å². The van der Waals surface area contributed by atoms with Crippen LogP contribution in [0.25, 0.3) is 0 Å². The zero-order chi connectivity index (χ0) is 24.2. The normalized spacial score (nSPS) is 19.0. The first kappa shape index (κ1) is 25.5. The standard InChI is InChI=1S/C23H32N2O7/c1-13(21(29)30)9-18(26)16(24)10-23(2,3)11-19(27)25-12-15(22(31)32-4)20(28)14-7-5-6-8-17(14)25/h5-8,13,15-16,18,26H,9-12,24H2,1-4H3,(H,29,30)/t13-,15-,16+,18+/m1/s1. The SMILES string of the molecule is COC(=O)[C@@H]1CN(C(=O)CC(C)(C)C[C@H](N)[C@@H](O)C[C@@H](C)C(=O)O)c2ccccc2C1=O.